The highest BCUT2D eigenvalue weighted by Gasteiger charge is 2.47. The molecule has 4 nitrogen and oxygen atoms in total. The van der Waals surface area contributed by atoms with Crippen LogP contribution in [0.3, 0.4) is 0 Å². The Morgan fingerprint density at radius 1 is 1.69 bits per heavy atom. The molecular formula is C8H12N2O2S. The Hall–Kier alpha value is -0.550. The number of amides is 1. The van der Waals surface area contributed by atoms with Crippen molar-refractivity contribution in [1.29, 1.82) is 0 Å². The normalized spacial score (nSPS) is 38.2. The lowest BCUT2D eigenvalue weighted by atomic mass is 10.2. The molecule has 2 N–H and O–H groups in total. The number of nitrogens with two attached hydrogens (primary N) is 1. The first kappa shape index (κ1) is 9.02. The lowest BCUT2D eigenvalue weighted by molar-refractivity contribution is -0.135. The predicted molar refractivity (Wildman–Crippen MR) is 50.2 cm³/mol. The van der Waals surface area contributed by atoms with Crippen LogP contribution in [0.25, 0.3) is 0 Å². The van der Waals surface area contributed by atoms with Crippen molar-refractivity contribution in [2.75, 3.05) is 5.75 Å². The molecule has 2 aliphatic rings. The smallest absolute Gasteiger partial charge is 0.241 e. The molecule has 2 heterocycles. The van der Waals surface area contributed by atoms with Gasteiger partial charge in [-0.15, -0.1) is 11.8 Å². The van der Waals surface area contributed by atoms with Gasteiger partial charge in [-0.1, -0.05) is 0 Å². The molecule has 1 amide bonds. The van der Waals surface area contributed by atoms with Crippen LogP contribution in [0.1, 0.15) is 13.3 Å². The molecule has 0 spiro atoms. The van der Waals surface area contributed by atoms with E-state index < -0.39 is 0 Å². The van der Waals surface area contributed by atoms with Crippen molar-refractivity contribution in [2.24, 2.45) is 5.73 Å². The summed E-state index contributed by atoms with van der Waals surface area (Å²) >= 11 is 1.66. The molecule has 2 rings (SSSR count). The fourth-order valence-electron chi connectivity index (χ4n) is 1.86. The van der Waals surface area contributed by atoms with Gasteiger partial charge in [0.15, 0.2) is 5.78 Å². The van der Waals surface area contributed by atoms with Crippen LogP contribution < -0.4 is 5.73 Å². The van der Waals surface area contributed by atoms with Crippen molar-refractivity contribution >= 4 is 23.5 Å². The molecule has 2 fully saturated rings. The number of ketones is 1. The van der Waals surface area contributed by atoms with Gasteiger partial charge in [0, 0.05) is 12.2 Å². The third kappa shape index (κ3) is 1.26. The summed E-state index contributed by atoms with van der Waals surface area (Å²) in [6.07, 6.45) is 0.688. The monoisotopic (exact) mass is 200 g/mol. The summed E-state index contributed by atoms with van der Waals surface area (Å²) in [7, 11) is 0. The maximum atomic E-state index is 11.5. The highest BCUT2D eigenvalue weighted by Crippen LogP contribution is 2.37. The number of Topliss-reactive ketones (excluding diaryl/α,β-unsaturated/α-hetero) is 1. The molecule has 2 unspecified atom stereocenters. The van der Waals surface area contributed by atoms with Gasteiger partial charge in [-0.25, -0.2) is 0 Å². The predicted octanol–water partition coefficient (Wildman–Crippen LogP) is -0.424. The molecule has 0 saturated carbocycles. The van der Waals surface area contributed by atoms with Crippen molar-refractivity contribution < 1.29 is 9.59 Å². The van der Waals surface area contributed by atoms with Gasteiger partial charge >= 0.3 is 0 Å². The van der Waals surface area contributed by atoms with Gasteiger partial charge < -0.3 is 10.6 Å². The molecule has 0 aromatic carbocycles. The van der Waals surface area contributed by atoms with E-state index in [-0.39, 0.29) is 29.1 Å². The first-order valence-corrected chi connectivity index (χ1v) is 5.36. The van der Waals surface area contributed by atoms with Crippen LogP contribution in [0, 0.1) is 0 Å². The Labute approximate surface area is 80.8 Å². The van der Waals surface area contributed by atoms with Crippen LogP contribution in [0.15, 0.2) is 0 Å². The molecule has 3 atom stereocenters. The highest BCUT2D eigenvalue weighted by atomic mass is 32.2. The second-order valence-corrected chi connectivity index (χ2v) is 4.71. The summed E-state index contributed by atoms with van der Waals surface area (Å²) < 4.78 is 0. The van der Waals surface area contributed by atoms with Gasteiger partial charge in [0.05, 0.1) is 11.4 Å². The minimum Gasteiger partial charge on any atom is -0.320 e. The van der Waals surface area contributed by atoms with Gasteiger partial charge in [-0.3, -0.25) is 9.59 Å². The summed E-state index contributed by atoms with van der Waals surface area (Å²) in [5.41, 5.74) is 5.62. The first-order chi connectivity index (χ1) is 6.11. The molecular weight excluding hydrogens is 188 g/mol. The molecule has 0 aromatic heterocycles. The number of hydrogen-bond donors (Lipinski definition) is 1. The van der Waals surface area contributed by atoms with Crippen LogP contribution in [0.5, 0.6) is 0 Å². The largest absolute Gasteiger partial charge is 0.320 e. The summed E-state index contributed by atoms with van der Waals surface area (Å²) in [5, 5.41) is 0.149. The molecule has 0 aromatic rings. The summed E-state index contributed by atoms with van der Waals surface area (Å²) in [6.45, 7) is 1.53. The van der Waals surface area contributed by atoms with Crippen LogP contribution in [0.2, 0.25) is 0 Å². The number of nitrogens with zero attached hydrogens (tertiary/aromatic N) is 1. The number of thioether (sulfide) groups is 1. The van der Waals surface area contributed by atoms with Crippen LogP contribution >= 0.6 is 11.8 Å². The molecule has 2 saturated heterocycles. The fraction of sp³-hybridized carbons (Fsp3) is 0.750. The van der Waals surface area contributed by atoms with E-state index in [4.69, 9.17) is 5.73 Å². The zero-order valence-corrected chi connectivity index (χ0v) is 8.21. The van der Waals surface area contributed by atoms with E-state index in [1.165, 1.54) is 6.92 Å². The Bertz CT molecular complexity index is 269. The Kier molecular flexibility index (Phi) is 2.08. The summed E-state index contributed by atoms with van der Waals surface area (Å²) in [6, 6.07) is -0.615. The third-order valence-electron chi connectivity index (χ3n) is 2.59. The van der Waals surface area contributed by atoms with E-state index in [1.807, 2.05) is 0 Å². The standard InChI is InChI=1S/C8H12N2O2S/c1-4(11)6-3-13-7-2-5(9)8(12)10(6)7/h5-7H,2-3,9H2,1H3/t5-,6?,7?/m1/s1. The number of fused-ring (bicyclic) bond motifs is 1. The van der Waals surface area contributed by atoms with E-state index in [9.17, 15) is 9.59 Å². The quantitative estimate of drug-likeness (QED) is 0.624. The van der Waals surface area contributed by atoms with Gasteiger partial charge in [0.2, 0.25) is 5.91 Å². The van der Waals surface area contributed by atoms with Gasteiger partial charge in [-0.05, 0) is 6.92 Å². The Balaban J connectivity index is 2.21. The van der Waals surface area contributed by atoms with E-state index in [2.05, 4.69) is 0 Å². The van der Waals surface area contributed by atoms with Crippen LogP contribution in [-0.2, 0) is 9.59 Å². The van der Waals surface area contributed by atoms with Crippen molar-refractivity contribution in [3.8, 4) is 0 Å². The van der Waals surface area contributed by atoms with Gasteiger partial charge in [0.1, 0.15) is 6.04 Å². The molecule has 5 heteroatoms. The lowest BCUT2D eigenvalue weighted by Gasteiger charge is -2.20. The Morgan fingerprint density at radius 3 is 3.00 bits per heavy atom. The number of carbonyl (C=O) groups is 2. The average molecular weight is 200 g/mol. The Morgan fingerprint density at radius 2 is 2.38 bits per heavy atom. The third-order valence-corrected chi connectivity index (χ3v) is 3.90. The summed E-state index contributed by atoms with van der Waals surface area (Å²) in [4.78, 5) is 24.4. The zero-order chi connectivity index (χ0) is 9.59. The summed E-state index contributed by atoms with van der Waals surface area (Å²) in [5.74, 6) is 0.742. The minimum absolute atomic E-state index is 0.0600. The topological polar surface area (TPSA) is 63.4 Å². The SMILES string of the molecule is CC(=O)C1CSC2C[C@@H](N)C(=O)N21. The fourth-order valence-corrected chi connectivity index (χ4v) is 3.42. The van der Waals surface area contributed by atoms with Gasteiger partial charge in [0.25, 0.3) is 0 Å². The first-order valence-electron chi connectivity index (χ1n) is 4.31. The lowest BCUT2D eigenvalue weighted by Crippen LogP contribution is -2.43. The van der Waals surface area contributed by atoms with Crippen LogP contribution in [-0.4, -0.2) is 39.8 Å². The molecule has 72 valence electrons. The number of hydrogen-bond acceptors (Lipinski definition) is 4. The second kappa shape index (κ2) is 2.99. The van der Waals surface area contributed by atoms with Crippen LogP contribution in [0.4, 0.5) is 0 Å². The van der Waals surface area contributed by atoms with E-state index in [0.717, 1.165) is 5.75 Å². The van der Waals surface area contributed by atoms with E-state index in [0.29, 0.717) is 6.42 Å². The van der Waals surface area contributed by atoms with Crippen molar-refractivity contribution in [3.63, 3.8) is 0 Å². The molecule has 2 aliphatic heterocycles. The number of rotatable bonds is 1. The maximum absolute atomic E-state index is 11.5. The van der Waals surface area contributed by atoms with Gasteiger partial charge in [-0.2, -0.15) is 0 Å². The minimum atomic E-state index is -0.389. The number of carbonyl (C=O) groups excluding carboxylic acids is 2. The van der Waals surface area contributed by atoms with Crippen molar-refractivity contribution in [1.82, 2.24) is 4.90 Å². The highest BCUT2D eigenvalue weighted by molar-refractivity contribution is 8.00. The molecule has 0 aliphatic carbocycles. The van der Waals surface area contributed by atoms with E-state index >= 15 is 0 Å². The molecule has 13 heavy (non-hydrogen) atoms. The van der Waals surface area contributed by atoms with E-state index in [1.54, 1.807) is 16.7 Å². The van der Waals surface area contributed by atoms with Crippen molar-refractivity contribution in [2.45, 2.75) is 30.8 Å². The zero-order valence-electron chi connectivity index (χ0n) is 7.40. The maximum Gasteiger partial charge on any atom is 0.241 e. The van der Waals surface area contributed by atoms with Crippen molar-refractivity contribution in [3.05, 3.63) is 0 Å². The molecule has 0 bridgehead atoms. The average Bonchev–Trinajstić information content (AvgIpc) is 2.55. The molecule has 0 radical (unpaired) electrons. The second-order valence-electron chi connectivity index (χ2n) is 3.50.